The van der Waals surface area contributed by atoms with Gasteiger partial charge in [0.25, 0.3) is 0 Å². The Labute approximate surface area is 159 Å². The first-order chi connectivity index (χ1) is 10.8. The number of hydrogen-bond acceptors (Lipinski definition) is 3. The van der Waals surface area contributed by atoms with E-state index >= 15 is 0 Å². The van der Waals surface area contributed by atoms with Gasteiger partial charge in [-0.2, -0.15) is 0 Å². The van der Waals surface area contributed by atoms with Crippen molar-refractivity contribution in [3.63, 3.8) is 0 Å². The van der Waals surface area contributed by atoms with E-state index in [2.05, 4.69) is 34.3 Å². The standard InChI is InChI=1S/C17H35N5.HI/c1-3-18-17(19-9-13-22-10-6-5-7-11-22)20-14-16-8-12-21(4-2)15-16;/h16H,3-15H2,1-2H3,(H2,18,19,20);1H. The van der Waals surface area contributed by atoms with Crippen LogP contribution in [0.15, 0.2) is 4.99 Å². The van der Waals surface area contributed by atoms with Gasteiger partial charge in [0.15, 0.2) is 5.96 Å². The van der Waals surface area contributed by atoms with Gasteiger partial charge in [0.1, 0.15) is 0 Å². The predicted octanol–water partition coefficient (Wildman–Crippen LogP) is 1.99. The first kappa shape index (κ1) is 21.0. The maximum absolute atomic E-state index is 4.80. The normalized spacial score (nSPS) is 23.6. The van der Waals surface area contributed by atoms with Crippen LogP contribution in [-0.4, -0.2) is 74.7 Å². The fourth-order valence-electron chi connectivity index (χ4n) is 3.43. The van der Waals surface area contributed by atoms with Gasteiger partial charge in [-0.05, 0) is 58.3 Å². The Morgan fingerprint density at radius 2 is 1.83 bits per heavy atom. The number of likely N-dealkylation sites (tertiary alicyclic amines) is 2. The Balaban J connectivity index is 0.00000264. The zero-order valence-electron chi connectivity index (χ0n) is 15.0. The third-order valence-electron chi connectivity index (χ3n) is 4.84. The van der Waals surface area contributed by atoms with E-state index in [-0.39, 0.29) is 24.0 Å². The third kappa shape index (κ3) is 8.03. The summed E-state index contributed by atoms with van der Waals surface area (Å²) < 4.78 is 0. The highest BCUT2D eigenvalue weighted by Gasteiger charge is 2.20. The topological polar surface area (TPSA) is 42.9 Å². The van der Waals surface area contributed by atoms with Crippen molar-refractivity contribution in [2.24, 2.45) is 10.9 Å². The molecule has 0 spiro atoms. The van der Waals surface area contributed by atoms with E-state index in [1.807, 2.05) is 0 Å². The molecule has 2 heterocycles. The summed E-state index contributed by atoms with van der Waals surface area (Å²) in [5.74, 6) is 1.73. The van der Waals surface area contributed by atoms with Crippen LogP contribution in [0.2, 0.25) is 0 Å². The van der Waals surface area contributed by atoms with Gasteiger partial charge < -0.3 is 20.4 Å². The fraction of sp³-hybridized carbons (Fsp3) is 0.941. The molecule has 1 atom stereocenters. The van der Waals surface area contributed by atoms with Crippen LogP contribution in [0.3, 0.4) is 0 Å². The average molecular weight is 437 g/mol. The minimum atomic E-state index is 0. The summed E-state index contributed by atoms with van der Waals surface area (Å²) in [7, 11) is 0. The highest BCUT2D eigenvalue weighted by atomic mass is 127. The lowest BCUT2D eigenvalue weighted by Gasteiger charge is -2.26. The van der Waals surface area contributed by atoms with Gasteiger partial charge in [-0.15, -0.1) is 24.0 Å². The molecule has 2 N–H and O–H groups in total. The minimum absolute atomic E-state index is 0. The van der Waals surface area contributed by atoms with E-state index in [1.54, 1.807) is 0 Å². The zero-order valence-corrected chi connectivity index (χ0v) is 17.3. The van der Waals surface area contributed by atoms with Crippen LogP contribution in [0.25, 0.3) is 0 Å². The molecular formula is C17H36IN5. The monoisotopic (exact) mass is 437 g/mol. The largest absolute Gasteiger partial charge is 0.357 e. The van der Waals surface area contributed by atoms with E-state index in [0.717, 1.165) is 38.1 Å². The van der Waals surface area contributed by atoms with Gasteiger partial charge >= 0.3 is 0 Å². The van der Waals surface area contributed by atoms with Gasteiger partial charge in [-0.3, -0.25) is 4.99 Å². The van der Waals surface area contributed by atoms with Crippen molar-refractivity contribution in [1.29, 1.82) is 0 Å². The van der Waals surface area contributed by atoms with Crippen LogP contribution < -0.4 is 10.6 Å². The number of nitrogens with zero attached hydrogens (tertiary/aromatic N) is 3. The van der Waals surface area contributed by atoms with Crippen LogP contribution in [-0.2, 0) is 0 Å². The minimum Gasteiger partial charge on any atom is -0.357 e. The molecule has 0 aromatic rings. The second-order valence-corrected chi connectivity index (χ2v) is 6.60. The molecule has 136 valence electrons. The smallest absolute Gasteiger partial charge is 0.191 e. The SMILES string of the molecule is CCNC(=NCC1CCN(CC)C1)NCCN1CCCCC1.I. The number of guanidine groups is 1. The van der Waals surface area contributed by atoms with Crippen molar-refractivity contribution in [1.82, 2.24) is 20.4 Å². The Bertz CT molecular complexity index is 331. The molecule has 2 rings (SSSR count). The Kier molecular flexibility index (Phi) is 11.2. The molecule has 0 bridgehead atoms. The molecule has 1 unspecified atom stereocenters. The van der Waals surface area contributed by atoms with Crippen molar-refractivity contribution in [2.45, 2.75) is 39.5 Å². The molecule has 2 aliphatic heterocycles. The molecule has 0 radical (unpaired) electrons. The maximum atomic E-state index is 4.80. The molecule has 0 amide bonds. The first-order valence-electron chi connectivity index (χ1n) is 9.28. The zero-order chi connectivity index (χ0) is 15.6. The van der Waals surface area contributed by atoms with Crippen LogP contribution in [0.4, 0.5) is 0 Å². The van der Waals surface area contributed by atoms with Gasteiger partial charge in [-0.1, -0.05) is 13.3 Å². The number of aliphatic imine (C=N–C) groups is 1. The molecule has 0 aromatic heterocycles. The Morgan fingerprint density at radius 1 is 1.04 bits per heavy atom. The van der Waals surface area contributed by atoms with Gasteiger partial charge in [0.05, 0.1) is 0 Å². The van der Waals surface area contributed by atoms with E-state index in [9.17, 15) is 0 Å². The highest BCUT2D eigenvalue weighted by Crippen LogP contribution is 2.15. The predicted molar refractivity (Wildman–Crippen MR) is 110 cm³/mol. The summed E-state index contributed by atoms with van der Waals surface area (Å²) in [6.07, 6.45) is 5.43. The van der Waals surface area contributed by atoms with Crippen molar-refractivity contribution in [3.8, 4) is 0 Å². The second-order valence-electron chi connectivity index (χ2n) is 6.60. The van der Waals surface area contributed by atoms with Crippen molar-refractivity contribution < 1.29 is 0 Å². The summed E-state index contributed by atoms with van der Waals surface area (Å²) in [5.41, 5.74) is 0. The third-order valence-corrected chi connectivity index (χ3v) is 4.84. The van der Waals surface area contributed by atoms with Crippen molar-refractivity contribution in [3.05, 3.63) is 0 Å². The lowest BCUT2D eigenvalue weighted by Crippen LogP contribution is -2.43. The van der Waals surface area contributed by atoms with Gasteiger partial charge in [0.2, 0.25) is 0 Å². The summed E-state index contributed by atoms with van der Waals surface area (Å²) in [6.45, 7) is 14.6. The molecule has 0 aromatic carbocycles. The summed E-state index contributed by atoms with van der Waals surface area (Å²) >= 11 is 0. The van der Waals surface area contributed by atoms with Crippen molar-refractivity contribution in [2.75, 3.05) is 58.9 Å². The second kappa shape index (κ2) is 12.3. The van der Waals surface area contributed by atoms with Gasteiger partial charge in [-0.25, -0.2) is 0 Å². The fourth-order valence-corrected chi connectivity index (χ4v) is 3.43. The van der Waals surface area contributed by atoms with E-state index in [4.69, 9.17) is 4.99 Å². The number of halogens is 1. The maximum Gasteiger partial charge on any atom is 0.191 e. The molecule has 5 nitrogen and oxygen atoms in total. The quantitative estimate of drug-likeness (QED) is 0.363. The summed E-state index contributed by atoms with van der Waals surface area (Å²) in [5, 5.41) is 6.88. The van der Waals surface area contributed by atoms with Crippen LogP contribution in [0.5, 0.6) is 0 Å². The van der Waals surface area contributed by atoms with Crippen molar-refractivity contribution >= 4 is 29.9 Å². The molecule has 2 aliphatic rings. The number of rotatable bonds is 7. The molecule has 2 fully saturated rings. The van der Waals surface area contributed by atoms with E-state index in [0.29, 0.717) is 0 Å². The average Bonchev–Trinajstić information content (AvgIpc) is 3.02. The molecular weight excluding hydrogens is 401 g/mol. The van der Waals surface area contributed by atoms with Crippen LogP contribution in [0, 0.1) is 5.92 Å². The first-order valence-corrected chi connectivity index (χ1v) is 9.28. The Hall–Kier alpha value is -0.0800. The Morgan fingerprint density at radius 3 is 2.48 bits per heavy atom. The molecule has 0 aliphatic carbocycles. The number of nitrogens with one attached hydrogen (secondary N) is 2. The molecule has 0 saturated carbocycles. The molecule has 6 heteroatoms. The van der Waals surface area contributed by atoms with Gasteiger partial charge in [0, 0.05) is 32.7 Å². The van der Waals surface area contributed by atoms with Crippen LogP contribution >= 0.6 is 24.0 Å². The highest BCUT2D eigenvalue weighted by molar-refractivity contribution is 14.0. The lowest BCUT2D eigenvalue weighted by atomic mass is 10.1. The van der Waals surface area contributed by atoms with E-state index < -0.39 is 0 Å². The summed E-state index contributed by atoms with van der Waals surface area (Å²) in [4.78, 5) is 9.89. The molecule has 23 heavy (non-hydrogen) atoms. The molecule has 2 saturated heterocycles. The summed E-state index contributed by atoms with van der Waals surface area (Å²) in [6, 6.07) is 0. The lowest BCUT2D eigenvalue weighted by molar-refractivity contribution is 0.232. The van der Waals surface area contributed by atoms with E-state index in [1.165, 1.54) is 58.4 Å². The number of hydrogen-bond donors (Lipinski definition) is 2. The van der Waals surface area contributed by atoms with Crippen LogP contribution in [0.1, 0.15) is 39.5 Å². The number of piperidine rings is 1.